The van der Waals surface area contributed by atoms with Gasteiger partial charge in [-0.1, -0.05) is 18.2 Å². The summed E-state index contributed by atoms with van der Waals surface area (Å²) < 4.78 is 1.99. The lowest BCUT2D eigenvalue weighted by Crippen LogP contribution is -2.24. The molecule has 96 valence electrons. The molecule has 0 radical (unpaired) electrons. The van der Waals surface area contributed by atoms with Crippen LogP contribution in [-0.2, 0) is 13.6 Å². The van der Waals surface area contributed by atoms with Gasteiger partial charge < -0.3 is 14.9 Å². The van der Waals surface area contributed by atoms with E-state index < -0.39 is 0 Å². The van der Waals surface area contributed by atoms with Crippen LogP contribution >= 0.6 is 0 Å². The number of fused-ring (bicyclic) bond motifs is 1. The summed E-state index contributed by atoms with van der Waals surface area (Å²) in [5.41, 5.74) is 2.64. The number of aromatic nitrogens is 2. The summed E-state index contributed by atoms with van der Waals surface area (Å²) in [6.45, 7) is 0.525. The van der Waals surface area contributed by atoms with E-state index in [1.807, 2.05) is 60.3 Å². The topological polar surface area (TPSA) is 49.8 Å². The maximum absolute atomic E-state index is 12.1. The molecule has 0 spiro atoms. The highest BCUT2D eigenvalue weighted by molar-refractivity contribution is 5.97. The van der Waals surface area contributed by atoms with Crippen LogP contribution in [0.4, 0.5) is 0 Å². The Hall–Kier alpha value is -2.49. The maximum atomic E-state index is 12.1. The molecular formula is C15H15N3O. The number of carbonyl (C=O) groups is 1. The highest BCUT2D eigenvalue weighted by atomic mass is 16.1. The van der Waals surface area contributed by atoms with Gasteiger partial charge >= 0.3 is 0 Å². The maximum Gasteiger partial charge on any atom is 0.268 e. The predicted molar refractivity (Wildman–Crippen MR) is 74.9 cm³/mol. The fourth-order valence-electron chi connectivity index (χ4n) is 2.14. The third kappa shape index (κ3) is 2.25. The second-order valence-electron chi connectivity index (χ2n) is 4.56. The number of carbonyl (C=O) groups excluding carboxylic acids is 1. The molecular weight excluding hydrogens is 238 g/mol. The fourth-order valence-corrected chi connectivity index (χ4v) is 2.14. The second kappa shape index (κ2) is 4.65. The van der Waals surface area contributed by atoms with Crippen molar-refractivity contribution in [2.45, 2.75) is 6.54 Å². The Labute approximate surface area is 111 Å². The van der Waals surface area contributed by atoms with Gasteiger partial charge in [-0.25, -0.2) is 0 Å². The van der Waals surface area contributed by atoms with E-state index in [0.29, 0.717) is 12.2 Å². The molecule has 4 heteroatoms. The van der Waals surface area contributed by atoms with Gasteiger partial charge in [0.2, 0.25) is 0 Å². The minimum absolute atomic E-state index is 0.0857. The van der Waals surface area contributed by atoms with Crippen molar-refractivity contribution in [1.82, 2.24) is 14.9 Å². The van der Waals surface area contributed by atoms with Crippen LogP contribution in [-0.4, -0.2) is 15.5 Å². The SMILES string of the molecule is Cn1cccc1CNC(=O)c1cc2ccccc2[nH]1. The molecule has 19 heavy (non-hydrogen) atoms. The number of hydrogen-bond donors (Lipinski definition) is 2. The summed E-state index contributed by atoms with van der Waals surface area (Å²) in [4.78, 5) is 15.2. The van der Waals surface area contributed by atoms with E-state index >= 15 is 0 Å². The van der Waals surface area contributed by atoms with Gasteiger partial charge in [-0.3, -0.25) is 4.79 Å². The Morgan fingerprint density at radius 3 is 2.84 bits per heavy atom. The average molecular weight is 253 g/mol. The standard InChI is InChI=1S/C15H15N3O/c1-18-8-4-6-12(18)10-16-15(19)14-9-11-5-2-3-7-13(11)17-14/h2-9,17H,10H2,1H3,(H,16,19). The van der Waals surface area contributed by atoms with Gasteiger partial charge in [0.15, 0.2) is 0 Å². The summed E-state index contributed by atoms with van der Waals surface area (Å²) in [7, 11) is 1.96. The number of aryl methyl sites for hydroxylation is 1. The summed E-state index contributed by atoms with van der Waals surface area (Å²) in [6.07, 6.45) is 1.96. The van der Waals surface area contributed by atoms with E-state index in [4.69, 9.17) is 0 Å². The molecule has 0 unspecified atom stereocenters. The normalized spacial score (nSPS) is 10.8. The Balaban J connectivity index is 1.75. The molecule has 1 aromatic carbocycles. The van der Waals surface area contributed by atoms with Crippen LogP contribution in [0.5, 0.6) is 0 Å². The molecule has 0 atom stereocenters. The van der Waals surface area contributed by atoms with Crippen molar-refractivity contribution in [3.05, 3.63) is 60.0 Å². The lowest BCUT2D eigenvalue weighted by molar-refractivity contribution is 0.0946. The molecule has 2 N–H and O–H groups in total. The van der Waals surface area contributed by atoms with Gasteiger partial charge in [-0.05, 0) is 24.3 Å². The lowest BCUT2D eigenvalue weighted by atomic mass is 10.2. The number of para-hydroxylation sites is 1. The van der Waals surface area contributed by atoms with Crippen LogP contribution < -0.4 is 5.32 Å². The van der Waals surface area contributed by atoms with Crippen molar-refractivity contribution < 1.29 is 4.79 Å². The van der Waals surface area contributed by atoms with E-state index in [-0.39, 0.29) is 5.91 Å². The summed E-state index contributed by atoms with van der Waals surface area (Å²) in [6, 6.07) is 13.7. The molecule has 4 nitrogen and oxygen atoms in total. The molecule has 0 bridgehead atoms. The van der Waals surface area contributed by atoms with Crippen LogP contribution in [0.3, 0.4) is 0 Å². The van der Waals surface area contributed by atoms with Crippen molar-refractivity contribution >= 4 is 16.8 Å². The highest BCUT2D eigenvalue weighted by Crippen LogP contribution is 2.14. The monoisotopic (exact) mass is 253 g/mol. The minimum Gasteiger partial charge on any atom is -0.353 e. The molecule has 0 saturated carbocycles. The van der Waals surface area contributed by atoms with Gasteiger partial charge in [0.25, 0.3) is 5.91 Å². The van der Waals surface area contributed by atoms with Crippen LogP contribution in [0, 0.1) is 0 Å². The highest BCUT2D eigenvalue weighted by Gasteiger charge is 2.09. The number of nitrogens with zero attached hydrogens (tertiary/aromatic N) is 1. The van der Waals surface area contributed by atoms with E-state index in [1.54, 1.807) is 0 Å². The van der Waals surface area contributed by atoms with Crippen molar-refractivity contribution in [3.63, 3.8) is 0 Å². The molecule has 2 heterocycles. The molecule has 0 aliphatic heterocycles. The number of nitrogens with one attached hydrogen (secondary N) is 2. The quantitative estimate of drug-likeness (QED) is 0.740. The second-order valence-corrected chi connectivity index (χ2v) is 4.56. The van der Waals surface area contributed by atoms with Crippen molar-refractivity contribution in [2.24, 2.45) is 7.05 Å². The number of H-pyrrole nitrogens is 1. The summed E-state index contributed by atoms with van der Waals surface area (Å²) in [5.74, 6) is -0.0857. The largest absolute Gasteiger partial charge is 0.353 e. The number of benzene rings is 1. The van der Waals surface area contributed by atoms with Gasteiger partial charge in [-0.2, -0.15) is 0 Å². The van der Waals surface area contributed by atoms with Gasteiger partial charge in [0, 0.05) is 29.8 Å². The van der Waals surface area contributed by atoms with Crippen molar-refractivity contribution in [3.8, 4) is 0 Å². The predicted octanol–water partition coefficient (Wildman–Crippen LogP) is 2.44. The molecule has 1 amide bonds. The van der Waals surface area contributed by atoms with Crippen molar-refractivity contribution in [1.29, 1.82) is 0 Å². The Morgan fingerprint density at radius 2 is 2.11 bits per heavy atom. The first-order chi connectivity index (χ1) is 9.24. The number of rotatable bonds is 3. The zero-order valence-electron chi connectivity index (χ0n) is 10.7. The summed E-state index contributed by atoms with van der Waals surface area (Å²) >= 11 is 0. The van der Waals surface area contributed by atoms with E-state index in [2.05, 4.69) is 10.3 Å². The molecule has 3 aromatic rings. The third-order valence-corrected chi connectivity index (χ3v) is 3.26. The van der Waals surface area contributed by atoms with E-state index in [9.17, 15) is 4.79 Å². The van der Waals surface area contributed by atoms with Gasteiger partial charge in [0.1, 0.15) is 5.69 Å². The molecule has 2 aromatic heterocycles. The smallest absolute Gasteiger partial charge is 0.268 e. The summed E-state index contributed by atoms with van der Waals surface area (Å²) in [5, 5.41) is 3.96. The molecule has 0 saturated heterocycles. The van der Waals surface area contributed by atoms with Crippen LogP contribution in [0.15, 0.2) is 48.7 Å². The zero-order valence-corrected chi connectivity index (χ0v) is 10.7. The molecule has 0 aliphatic carbocycles. The van der Waals surface area contributed by atoms with E-state index in [0.717, 1.165) is 16.6 Å². The Bertz CT molecular complexity index is 691. The number of hydrogen-bond acceptors (Lipinski definition) is 1. The third-order valence-electron chi connectivity index (χ3n) is 3.26. The first-order valence-electron chi connectivity index (χ1n) is 6.20. The Kier molecular flexibility index (Phi) is 2.83. The zero-order chi connectivity index (χ0) is 13.2. The first-order valence-corrected chi connectivity index (χ1v) is 6.20. The van der Waals surface area contributed by atoms with E-state index in [1.165, 1.54) is 0 Å². The van der Waals surface area contributed by atoms with Crippen LogP contribution in [0.2, 0.25) is 0 Å². The van der Waals surface area contributed by atoms with Crippen LogP contribution in [0.25, 0.3) is 10.9 Å². The first kappa shape index (κ1) is 11.6. The number of aromatic amines is 1. The minimum atomic E-state index is -0.0857. The Morgan fingerprint density at radius 1 is 1.26 bits per heavy atom. The molecule has 3 rings (SSSR count). The lowest BCUT2D eigenvalue weighted by Gasteiger charge is -2.05. The van der Waals surface area contributed by atoms with Crippen molar-refractivity contribution in [2.75, 3.05) is 0 Å². The molecule has 0 aliphatic rings. The number of amides is 1. The van der Waals surface area contributed by atoms with Crippen LogP contribution in [0.1, 0.15) is 16.2 Å². The average Bonchev–Trinajstić information content (AvgIpc) is 3.01. The van der Waals surface area contributed by atoms with Gasteiger partial charge in [-0.15, -0.1) is 0 Å². The fraction of sp³-hybridized carbons (Fsp3) is 0.133. The molecule has 0 fully saturated rings. The van der Waals surface area contributed by atoms with Gasteiger partial charge in [0.05, 0.1) is 6.54 Å².